The summed E-state index contributed by atoms with van der Waals surface area (Å²) < 4.78 is 39.6. The Morgan fingerprint density at radius 3 is 2.21 bits per heavy atom. The van der Waals surface area contributed by atoms with Crippen LogP contribution in [-0.4, -0.2) is 81.8 Å². The van der Waals surface area contributed by atoms with E-state index in [2.05, 4.69) is 5.32 Å². The van der Waals surface area contributed by atoms with Crippen molar-refractivity contribution in [3.8, 4) is 0 Å². The minimum Gasteiger partial charge on any atom is -0.349 e. The van der Waals surface area contributed by atoms with Crippen LogP contribution in [0.4, 0.5) is 4.39 Å². The van der Waals surface area contributed by atoms with Crippen molar-refractivity contribution in [3.63, 3.8) is 0 Å². The van der Waals surface area contributed by atoms with E-state index in [1.165, 1.54) is 16.4 Å². The number of carbonyl (C=O) groups excluding carboxylic acids is 2. The van der Waals surface area contributed by atoms with Gasteiger partial charge in [0.05, 0.1) is 11.9 Å². The predicted octanol–water partition coefficient (Wildman–Crippen LogP) is -1.30. The van der Waals surface area contributed by atoms with E-state index in [1.54, 1.807) is 11.9 Å². The molecule has 0 spiro atoms. The Kier molecular flexibility index (Phi) is 7.50. The van der Waals surface area contributed by atoms with E-state index < -0.39 is 15.8 Å². The summed E-state index contributed by atoms with van der Waals surface area (Å²) in [7, 11) is -1.94. The van der Waals surface area contributed by atoms with Gasteiger partial charge in [-0.15, -0.1) is 0 Å². The second kappa shape index (κ2) is 9.44. The van der Waals surface area contributed by atoms with Crippen molar-refractivity contribution in [1.82, 2.24) is 14.5 Å². The molecule has 10 heteroatoms. The number of likely N-dealkylation sites (N-methyl/N-ethyl adjacent to an activating group) is 1. The highest BCUT2D eigenvalue weighted by Crippen LogP contribution is 2.18. The third-order valence-corrected chi connectivity index (χ3v) is 6.32. The number of benzene rings is 1. The Bertz CT molecular complexity index is 790. The summed E-state index contributed by atoms with van der Waals surface area (Å²) in [5.41, 5.74) is 0. The standard InChI is InChI=1S/C18H27FN4O4S/c1-14(2)20-17(24)12-21(3)13-18(25)22-8-10-23(11-9-22)28(26,27)16-6-4-15(19)5-7-16/h4-7,14H,8-13H2,1-3H3,(H,20,24)/p+1. The molecule has 2 amide bonds. The maximum absolute atomic E-state index is 13.0. The van der Waals surface area contributed by atoms with Crippen LogP contribution in [0.25, 0.3) is 0 Å². The fourth-order valence-electron chi connectivity index (χ4n) is 3.01. The maximum atomic E-state index is 13.0. The fraction of sp³-hybridized carbons (Fsp3) is 0.556. The Morgan fingerprint density at radius 1 is 1.11 bits per heavy atom. The van der Waals surface area contributed by atoms with Gasteiger partial charge in [0.2, 0.25) is 10.0 Å². The first-order valence-corrected chi connectivity index (χ1v) is 10.7. The molecule has 1 aromatic rings. The molecule has 0 aliphatic carbocycles. The van der Waals surface area contributed by atoms with E-state index in [1.807, 2.05) is 13.8 Å². The molecule has 1 saturated heterocycles. The van der Waals surface area contributed by atoms with E-state index in [4.69, 9.17) is 0 Å². The number of amides is 2. The van der Waals surface area contributed by atoms with Gasteiger partial charge in [0.15, 0.2) is 13.1 Å². The molecule has 28 heavy (non-hydrogen) atoms. The Balaban J connectivity index is 1.86. The van der Waals surface area contributed by atoms with Crippen LogP contribution >= 0.6 is 0 Å². The Labute approximate surface area is 165 Å². The molecule has 2 N–H and O–H groups in total. The van der Waals surface area contributed by atoms with Crippen molar-refractivity contribution >= 4 is 21.8 Å². The minimum absolute atomic E-state index is 0.0361. The zero-order valence-electron chi connectivity index (χ0n) is 16.4. The molecular weight excluding hydrogens is 387 g/mol. The van der Waals surface area contributed by atoms with Gasteiger partial charge < -0.3 is 15.1 Å². The number of piperazine rings is 1. The lowest BCUT2D eigenvalue weighted by atomic mass is 10.3. The summed E-state index contributed by atoms with van der Waals surface area (Å²) in [6.45, 7) is 5.03. The molecule has 1 unspecified atom stereocenters. The zero-order valence-corrected chi connectivity index (χ0v) is 17.3. The number of hydrogen-bond donors (Lipinski definition) is 2. The average Bonchev–Trinajstić information content (AvgIpc) is 2.61. The first-order chi connectivity index (χ1) is 13.1. The van der Waals surface area contributed by atoms with Crippen LogP contribution in [0.3, 0.4) is 0 Å². The van der Waals surface area contributed by atoms with Gasteiger partial charge in [-0.2, -0.15) is 4.31 Å². The molecule has 8 nitrogen and oxygen atoms in total. The van der Waals surface area contributed by atoms with Crippen molar-refractivity contribution in [1.29, 1.82) is 0 Å². The molecule has 0 aromatic heterocycles. The van der Waals surface area contributed by atoms with Crippen molar-refractivity contribution in [2.45, 2.75) is 24.8 Å². The van der Waals surface area contributed by atoms with Crippen molar-refractivity contribution < 1.29 is 27.3 Å². The van der Waals surface area contributed by atoms with Crippen molar-refractivity contribution in [2.24, 2.45) is 0 Å². The summed E-state index contributed by atoms with van der Waals surface area (Å²) in [5.74, 6) is -0.729. The maximum Gasteiger partial charge on any atom is 0.277 e. The quantitative estimate of drug-likeness (QED) is 0.579. The lowest BCUT2D eigenvalue weighted by Gasteiger charge is -2.34. The summed E-state index contributed by atoms with van der Waals surface area (Å²) >= 11 is 0. The Morgan fingerprint density at radius 2 is 1.68 bits per heavy atom. The lowest BCUT2D eigenvalue weighted by molar-refractivity contribution is -0.863. The molecule has 1 fully saturated rings. The van der Waals surface area contributed by atoms with Crippen LogP contribution in [0.5, 0.6) is 0 Å². The van der Waals surface area contributed by atoms with Crippen LogP contribution in [0.1, 0.15) is 13.8 Å². The van der Waals surface area contributed by atoms with Crippen LogP contribution in [0.2, 0.25) is 0 Å². The summed E-state index contributed by atoms with van der Waals surface area (Å²) in [4.78, 5) is 26.6. The van der Waals surface area contributed by atoms with Gasteiger partial charge in [0.1, 0.15) is 5.82 Å². The van der Waals surface area contributed by atoms with Crippen LogP contribution in [0, 0.1) is 5.82 Å². The van der Waals surface area contributed by atoms with E-state index in [9.17, 15) is 22.4 Å². The third-order valence-electron chi connectivity index (χ3n) is 4.41. The molecule has 1 aromatic carbocycles. The van der Waals surface area contributed by atoms with Gasteiger partial charge in [0.25, 0.3) is 11.8 Å². The van der Waals surface area contributed by atoms with Gasteiger partial charge in [-0.3, -0.25) is 9.59 Å². The number of sulfonamides is 1. The third kappa shape index (κ3) is 5.98. The smallest absolute Gasteiger partial charge is 0.277 e. The van der Waals surface area contributed by atoms with Crippen LogP contribution in [0.15, 0.2) is 29.2 Å². The van der Waals surface area contributed by atoms with Gasteiger partial charge in [-0.05, 0) is 38.1 Å². The number of rotatable bonds is 7. The first kappa shape index (κ1) is 22.3. The molecule has 0 radical (unpaired) electrons. The topological polar surface area (TPSA) is 91.2 Å². The van der Waals surface area contributed by atoms with Gasteiger partial charge in [-0.25, -0.2) is 12.8 Å². The molecule has 0 saturated carbocycles. The van der Waals surface area contributed by atoms with Gasteiger partial charge in [0, 0.05) is 32.2 Å². The zero-order chi connectivity index (χ0) is 20.9. The van der Waals surface area contributed by atoms with Gasteiger partial charge >= 0.3 is 0 Å². The molecule has 2 rings (SSSR count). The number of hydrogen-bond acceptors (Lipinski definition) is 4. The van der Waals surface area contributed by atoms with Crippen LogP contribution in [-0.2, 0) is 19.6 Å². The van der Waals surface area contributed by atoms with E-state index in [0.29, 0.717) is 0 Å². The number of nitrogens with one attached hydrogen (secondary N) is 2. The Hall–Kier alpha value is -2.04. The van der Waals surface area contributed by atoms with E-state index in [-0.39, 0.29) is 62.0 Å². The molecule has 0 bridgehead atoms. The summed E-state index contributed by atoms with van der Waals surface area (Å²) in [5, 5.41) is 2.79. The molecular formula is C18H28FN4O4S+. The average molecular weight is 416 g/mol. The largest absolute Gasteiger partial charge is 0.349 e. The van der Waals surface area contributed by atoms with E-state index >= 15 is 0 Å². The molecule has 156 valence electrons. The second-order valence-electron chi connectivity index (χ2n) is 7.27. The van der Waals surface area contributed by atoms with Crippen molar-refractivity contribution in [2.75, 3.05) is 46.3 Å². The van der Waals surface area contributed by atoms with E-state index in [0.717, 1.165) is 17.0 Å². The number of carbonyl (C=O) groups is 2. The summed E-state index contributed by atoms with van der Waals surface area (Å²) in [6.07, 6.45) is 0. The highest BCUT2D eigenvalue weighted by molar-refractivity contribution is 7.89. The molecule has 1 aliphatic heterocycles. The SMILES string of the molecule is CC(C)NC(=O)C[NH+](C)CC(=O)N1CCN(S(=O)(=O)c2ccc(F)cc2)CC1. The molecule has 1 atom stereocenters. The second-order valence-corrected chi connectivity index (χ2v) is 9.21. The monoisotopic (exact) mass is 415 g/mol. The number of halogens is 1. The lowest BCUT2D eigenvalue weighted by Crippen LogP contribution is -3.11. The summed E-state index contributed by atoms with van der Waals surface area (Å²) in [6, 6.07) is 4.75. The van der Waals surface area contributed by atoms with Crippen LogP contribution < -0.4 is 10.2 Å². The normalized spacial score (nSPS) is 16.8. The molecule has 1 heterocycles. The number of nitrogens with zero attached hydrogens (tertiary/aromatic N) is 2. The first-order valence-electron chi connectivity index (χ1n) is 9.23. The van der Waals surface area contributed by atoms with Crippen molar-refractivity contribution in [3.05, 3.63) is 30.1 Å². The fourth-order valence-corrected chi connectivity index (χ4v) is 4.44. The molecule has 1 aliphatic rings. The van der Waals surface area contributed by atoms with Gasteiger partial charge in [-0.1, -0.05) is 0 Å². The predicted molar refractivity (Wildman–Crippen MR) is 102 cm³/mol. The number of quaternary nitrogens is 1. The minimum atomic E-state index is -3.71. The highest BCUT2D eigenvalue weighted by Gasteiger charge is 2.31. The highest BCUT2D eigenvalue weighted by atomic mass is 32.2.